The predicted molar refractivity (Wildman–Crippen MR) is 67.4 cm³/mol. The van der Waals surface area contributed by atoms with E-state index in [0.29, 0.717) is 0 Å². The monoisotopic (exact) mass is 234 g/mol. The molecule has 4 nitrogen and oxygen atoms in total. The van der Waals surface area contributed by atoms with Crippen molar-refractivity contribution in [1.82, 2.24) is 10.9 Å². The molecule has 2 N–H and O–H groups in total. The van der Waals surface area contributed by atoms with Crippen molar-refractivity contribution in [2.24, 2.45) is 0 Å². The van der Waals surface area contributed by atoms with Crippen LogP contribution >= 0.6 is 0 Å². The van der Waals surface area contributed by atoms with E-state index in [4.69, 9.17) is 4.74 Å². The number of amides is 1. The van der Waals surface area contributed by atoms with E-state index in [1.165, 1.54) is 0 Å². The van der Waals surface area contributed by atoms with Crippen molar-refractivity contribution in [3.8, 4) is 5.75 Å². The van der Waals surface area contributed by atoms with Crippen LogP contribution in [0.3, 0.4) is 0 Å². The Morgan fingerprint density at radius 3 is 2.71 bits per heavy atom. The first-order valence-corrected chi connectivity index (χ1v) is 5.54. The molecule has 0 unspecified atom stereocenters. The maximum absolute atomic E-state index is 11.4. The first-order valence-electron chi connectivity index (χ1n) is 5.54. The van der Waals surface area contributed by atoms with Crippen LogP contribution in [0.1, 0.15) is 18.9 Å². The van der Waals surface area contributed by atoms with Crippen molar-refractivity contribution < 1.29 is 9.53 Å². The number of benzene rings is 1. The number of carbonyl (C=O) groups excluding carboxylic acids is 1. The maximum Gasteiger partial charge on any atom is 0.276 e. The first kappa shape index (κ1) is 13.1. The minimum atomic E-state index is -0.233. The van der Waals surface area contributed by atoms with Crippen molar-refractivity contribution in [1.29, 1.82) is 0 Å². The number of para-hydroxylation sites is 1. The minimum absolute atomic E-state index is 0.0190. The van der Waals surface area contributed by atoms with E-state index in [1.807, 2.05) is 38.1 Å². The SMILES string of the molecule is C=C(CC)NNC(=O)COc1ccccc1C. The van der Waals surface area contributed by atoms with Gasteiger partial charge in [-0.2, -0.15) is 0 Å². The lowest BCUT2D eigenvalue weighted by Crippen LogP contribution is -2.39. The molecule has 4 heteroatoms. The van der Waals surface area contributed by atoms with Crippen LogP contribution in [0.25, 0.3) is 0 Å². The van der Waals surface area contributed by atoms with Crippen LogP contribution in [0.4, 0.5) is 0 Å². The number of hydrazine groups is 1. The van der Waals surface area contributed by atoms with Gasteiger partial charge >= 0.3 is 0 Å². The molecule has 0 saturated carbocycles. The fourth-order valence-corrected chi connectivity index (χ4v) is 1.14. The summed E-state index contributed by atoms with van der Waals surface area (Å²) in [6.45, 7) is 7.58. The third-order valence-corrected chi connectivity index (χ3v) is 2.26. The highest BCUT2D eigenvalue weighted by Gasteiger charge is 2.03. The van der Waals surface area contributed by atoms with Gasteiger partial charge in [0.2, 0.25) is 0 Å². The number of aryl methyl sites for hydroxylation is 1. The van der Waals surface area contributed by atoms with E-state index in [1.54, 1.807) is 0 Å². The molecule has 0 aromatic heterocycles. The maximum atomic E-state index is 11.4. The van der Waals surface area contributed by atoms with Gasteiger partial charge in [-0.05, 0) is 25.0 Å². The number of hydrogen-bond acceptors (Lipinski definition) is 3. The molecule has 17 heavy (non-hydrogen) atoms. The molecule has 0 heterocycles. The van der Waals surface area contributed by atoms with Crippen molar-refractivity contribution >= 4 is 5.91 Å². The van der Waals surface area contributed by atoms with Crippen molar-refractivity contribution in [2.45, 2.75) is 20.3 Å². The number of hydrogen-bond donors (Lipinski definition) is 2. The highest BCUT2D eigenvalue weighted by Crippen LogP contribution is 2.15. The third-order valence-electron chi connectivity index (χ3n) is 2.26. The fourth-order valence-electron chi connectivity index (χ4n) is 1.14. The second-order valence-electron chi connectivity index (χ2n) is 3.68. The summed E-state index contributed by atoms with van der Waals surface area (Å²) >= 11 is 0. The first-order chi connectivity index (χ1) is 8.13. The van der Waals surface area contributed by atoms with Gasteiger partial charge < -0.3 is 10.2 Å². The Balaban J connectivity index is 2.34. The Morgan fingerprint density at radius 2 is 2.06 bits per heavy atom. The smallest absolute Gasteiger partial charge is 0.276 e. The van der Waals surface area contributed by atoms with E-state index in [-0.39, 0.29) is 12.5 Å². The second kappa shape index (κ2) is 6.58. The number of carbonyl (C=O) groups is 1. The normalized spacial score (nSPS) is 9.53. The van der Waals surface area contributed by atoms with Gasteiger partial charge in [0.25, 0.3) is 5.91 Å². The second-order valence-corrected chi connectivity index (χ2v) is 3.68. The van der Waals surface area contributed by atoms with Gasteiger partial charge in [0.1, 0.15) is 5.75 Å². The summed E-state index contributed by atoms with van der Waals surface area (Å²) in [5, 5.41) is 0. The van der Waals surface area contributed by atoms with Gasteiger partial charge in [-0.15, -0.1) is 0 Å². The van der Waals surface area contributed by atoms with Gasteiger partial charge in [0.15, 0.2) is 6.61 Å². The van der Waals surface area contributed by atoms with Gasteiger partial charge in [-0.25, -0.2) is 0 Å². The van der Waals surface area contributed by atoms with Gasteiger partial charge in [-0.1, -0.05) is 31.7 Å². The van der Waals surface area contributed by atoms with Crippen LogP contribution in [0.2, 0.25) is 0 Å². The topological polar surface area (TPSA) is 50.4 Å². The van der Waals surface area contributed by atoms with Crippen LogP contribution in [-0.4, -0.2) is 12.5 Å². The average molecular weight is 234 g/mol. The lowest BCUT2D eigenvalue weighted by molar-refractivity contribution is -0.123. The number of ether oxygens (including phenoxy) is 1. The Labute approximate surface area is 102 Å². The van der Waals surface area contributed by atoms with E-state index < -0.39 is 0 Å². The molecule has 0 aliphatic carbocycles. The molecule has 1 aromatic rings. The molecule has 1 rings (SSSR count). The van der Waals surface area contributed by atoms with E-state index in [0.717, 1.165) is 23.4 Å². The van der Waals surface area contributed by atoms with Crippen LogP contribution in [0, 0.1) is 6.92 Å². The zero-order valence-corrected chi connectivity index (χ0v) is 10.2. The van der Waals surface area contributed by atoms with E-state index in [9.17, 15) is 4.79 Å². The number of nitrogens with one attached hydrogen (secondary N) is 2. The summed E-state index contributed by atoms with van der Waals surface area (Å²) in [5.74, 6) is 0.486. The van der Waals surface area contributed by atoms with Crippen molar-refractivity contribution in [2.75, 3.05) is 6.61 Å². The van der Waals surface area contributed by atoms with E-state index >= 15 is 0 Å². The molecular weight excluding hydrogens is 216 g/mol. The van der Waals surface area contributed by atoms with Gasteiger partial charge in [0.05, 0.1) is 0 Å². The summed E-state index contributed by atoms with van der Waals surface area (Å²) < 4.78 is 5.38. The molecule has 0 aliphatic rings. The zero-order chi connectivity index (χ0) is 12.7. The summed E-state index contributed by atoms with van der Waals surface area (Å²) in [5.41, 5.74) is 6.98. The fraction of sp³-hybridized carbons (Fsp3) is 0.308. The van der Waals surface area contributed by atoms with Crippen LogP contribution in [0.5, 0.6) is 5.75 Å². The molecule has 0 spiro atoms. The Bertz CT molecular complexity index is 402. The Hall–Kier alpha value is -1.97. The molecule has 0 fully saturated rings. The molecule has 0 atom stereocenters. The van der Waals surface area contributed by atoms with E-state index in [2.05, 4.69) is 17.4 Å². The standard InChI is InChI=1S/C13H18N2O2/c1-4-11(3)14-15-13(16)9-17-12-8-6-5-7-10(12)2/h5-8,14H,3-4,9H2,1-2H3,(H,15,16). The number of allylic oxidation sites excluding steroid dienone is 1. The number of rotatable bonds is 6. The lowest BCUT2D eigenvalue weighted by atomic mass is 10.2. The zero-order valence-electron chi connectivity index (χ0n) is 10.2. The largest absolute Gasteiger partial charge is 0.483 e. The summed E-state index contributed by atoms with van der Waals surface area (Å²) in [6.07, 6.45) is 0.763. The molecule has 1 amide bonds. The van der Waals surface area contributed by atoms with Crippen molar-refractivity contribution in [3.63, 3.8) is 0 Å². The molecule has 92 valence electrons. The lowest BCUT2D eigenvalue weighted by Gasteiger charge is -2.11. The molecule has 0 aliphatic heterocycles. The summed E-state index contributed by atoms with van der Waals surface area (Å²) in [4.78, 5) is 11.4. The average Bonchev–Trinajstić information content (AvgIpc) is 2.35. The molecule has 0 saturated heterocycles. The van der Waals surface area contributed by atoms with Crippen molar-refractivity contribution in [3.05, 3.63) is 42.1 Å². The third kappa shape index (κ3) is 4.59. The van der Waals surface area contributed by atoms with Crippen LogP contribution in [-0.2, 0) is 4.79 Å². The van der Waals surface area contributed by atoms with Gasteiger partial charge in [0, 0.05) is 5.70 Å². The van der Waals surface area contributed by atoms with Crippen LogP contribution in [0.15, 0.2) is 36.5 Å². The summed E-state index contributed by atoms with van der Waals surface area (Å²) in [7, 11) is 0. The molecular formula is C13H18N2O2. The predicted octanol–water partition coefficient (Wildman–Crippen LogP) is 1.92. The quantitative estimate of drug-likeness (QED) is 0.739. The Kier molecular flexibility index (Phi) is 5.07. The van der Waals surface area contributed by atoms with Gasteiger partial charge in [-0.3, -0.25) is 10.2 Å². The highest BCUT2D eigenvalue weighted by atomic mass is 16.5. The molecule has 1 aromatic carbocycles. The highest BCUT2D eigenvalue weighted by molar-refractivity contribution is 5.77. The Morgan fingerprint density at radius 1 is 1.35 bits per heavy atom. The molecule has 0 bridgehead atoms. The molecule has 0 radical (unpaired) electrons. The summed E-state index contributed by atoms with van der Waals surface area (Å²) in [6, 6.07) is 7.57. The minimum Gasteiger partial charge on any atom is -0.483 e. The van der Waals surface area contributed by atoms with Crippen LogP contribution < -0.4 is 15.6 Å².